The van der Waals surface area contributed by atoms with Gasteiger partial charge in [0.15, 0.2) is 5.82 Å². The first kappa shape index (κ1) is 17.9. The van der Waals surface area contributed by atoms with Crippen LogP contribution in [0.15, 0.2) is 72.8 Å². The zero-order valence-electron chi connectivity index (χ0n) is 16.4. The first-order chi connectivity index (χ1) is 14.4. The molecule has 1 saturated heterocycles. The first-order valence-electron chi connectivity index (χ1n) is 10.2. The fourth-order valence-corrected chi connectivity index (χ4v) is 4.00. The SMILES string of the molecule is c1ccc(CCn2c(-c3cccc4ccccc34)nnc2N2CCOCC2)cc1. The number of morpholine rings is 1. The Labute approximate surface area is 170 Å². The summed E-state index contributed by atoms with van der Waals surface area (Å²) in [6, 6.07) is 25.5. The lowest BCUT2D eigenvalue weighted by Crippen LogP contribution is -2.38. The summed E-state index contributed by atoms with van der Waals surface area (Å²) in [5.74, 6) is 1.87. The summed E-state index contributed by atoms with van der Waals surface area (Å²) in [6.45, 7) is 3.99. The summed E-state index contributed by atoms with van der Waals surface area (Å²) in [7, 11) is 0. The van der Waals surface area contributed by atoms with Gasteiger partial charge in [-0.15, -0.1) is 10.2 Å². The molecule has 3 aromatic carbocycles. The molecule has 5 nitrogen and oxygen atoms in total. The maximum absolute atomic E-state index is 5.54. The largest absolute Gasteiger partial charge is 0.378 e. The molecule has 0 atom stereocenters. The summed E-state index contributed by atoms with van der Waals surface area (Å²) in [6.07, 6.45) is 0.938. The van der Waals surface area contributed by atoms with Crippen LogP contribution >= 0.6 is 0 Å². The van der Waals surface area contributed by atoms with Crippen molar-refractivity contribution in [2.24, 2.45) is 0 Å². The Kier molecular flexibility index (Phi) is 4.97. The number of rotatable bonds is 5. The highest BCUT2D eigenvalue weighted by molar-refractivity contribution is 5.95. The van der Waals surface area contributed by atoms with Crippen LogP contribution in [0.3, 0.4) is 0 Å². The van der Waals surface area contributed by atoms with E-state index in [2.05, 4.69) is 92.5 Å². The van der Waals surface area contributed by atoms with Crippen LogP contribution in [0.5, 0.6) is 0 Å². The van der Waals surface area contributed by atoms with Crippen LogP contribution in [0.1, 0.15) is 5.56 Å². The molecule has 0 bridgehead atoms. The maximum atomic E-state index is 5.54. The summed E-state index contributed by atoms with van der Waals surface area (Å²) >= 11 is 0. The average molecular weight is 384 g/mol. The van der Waals surface area contributed by atoms with Crippen LogP contribution in [0, 0.1) is 0 Å². The number of ether oxygens (including phenoxy) is 1. The molecule has 0 saturated carbocycles. The molecule has 2 heterocycles. The van der Waals surface area contributed by atoms with Crippen molar-refractivity contribution in [3.63, 3.8) is 0 Å². The van der Waals surface area contributed by atoms with Crippen LogP contribution < -0.4 is 4.90 Å². The van der Waals surface area contributed by atoms with E-state index in [1.54, 1.807) is 0 Å². The van der Waals surface area contributed by atoms with E-state index in [9.17, 15) is 0 Å². The van der Waals surface area contributed by atoms with Gasteiger partial charge in [-0.05, 0) is 22.8 Å². The second-order valence-electron chi connectivity index (χ2n) is 7.34. The summed E-state index contributed by atoms with van der Waals surface area (Å²) in [5, 5.41) is 11.7. The second kappa shape index (κ2) is 8.05. The van der Waals surface area contributed by atoms with Gasteiger partial charge in [0.1, 0.15) is 0 Å². The lowest BCUT2D eigenvalue weighted by Gasteiger charge is -2.28. The van der Waals surface area contributed by atoms with E-state index >= 15 is 0 Å². The van der Waals surface area contributed by atoms with Crippen molar-refractivity contribution in [1.82, 2.24) is 14.8 Å². The molecule has 0 aliphatic carbocycles. The number of fused-ring (bicyclic) bond motifs is 1. The van der Waals surface area contributed by atoms with Gasteiger partial charge in [-0.3, -0.25) is 4.57 Å². The highest BCUT2D eigenvalue weighted by Crippen LogP contribution is 2.30. The van der Waals surface area contributed by atoms with Gasteiger partial charge in [0.25, 0.3) is 0 Å². The van der Waals surface area contributed by atoms with E-state index in [0.29, 0.717) is 0 Å². The number of anilines is 1. The van der Waals surface area contributed by atoms with E-state index in [4.69, 9.17) is 4.74 Å². The van der Waals surface area contributed by atoms with Crippen LogP contribution in [-0.4, -0.2) is 41.1 Å². The summed E-state index contributed by atoms with van der Waals surface area (Å²) in [4.78, 5) is 2.29. The second-order valence-corrected chi connectivity index (χ2v) is 7.34. The molecule has 146 valence electrons. The van der Waals surface area contributed by atoms with Crippen molar-refractivity contribution in [1.29, 1.82) is 0 Å². The van der Waals surface area contributed by atoms with Crippen LogP contribution in [0.25, 0.3) is 22.2 Å². The highest BCUT2D eigenvalue weighted by Gasteiger charge is 2.22. The van der Waals surface area contributed by atoms with E-state index in [-0.39, 0.29) is 0 Å². The smallest absolute Gasteiger partial charge is 0.227 e. The Morgan fingerprint density at radius 3 is 2.41 bits per heavy atom. The molecule has 1 aromatic heterocycles. The molecule has 0 N–H and O–H groups in total. The number of hydrogen-bond donors (Lipinski definition) is 0. The molecule has 29 heavy (non-hydrogen) atoms. The molecular weight excluding hydrogens is 360 g/mol. The third-order valence-electron chi connectivity index (χ3n) is 5.52. The van der Waals surface area contributed by atoms with Crippen molar-refractivity contribution in [3.05, 3.63) is 78.4 Å². The molecule has 5 rings (SSSR count). The molecule has 1 aliphatic rings. The fraction of sp³-hybridized carbons (Fsp3) is 0.250. The van der Waals surface area contributed by atoms with Gasteiger partial charge >= 0.3 is 0 Å². The Morgan fingerprint density at radius 1 is 0.793 bits per heavy atom. The third-order valence-corrected chi connectivity index (χ3v) is 5.52. The van der Waals surface area contributed by atoms with Crippen molar-refractivity contribution in [3.8, 4) is 11.4 Å². The van der Waals surface area contributed by atoms with Gasteiger partial charge in [-0.2, -0.15) is 0 Å². The molecule has 0 unspecified atom stereocenters. The normalized spacial score (nSPS) is 14.4. The van der Waals surface area contributed by atoms with Gasteiger partial charge in [-0.1, -0.05) is 72.8 Å². The van der Waals surface area contributed by atoms with Crippen LogP contribution in [-0.2, 0) is 17.7 Å². The van der Waals surface area contributed by atoms with Crippen molar-refractivity contribution >= 4 is 16.7 Å². The predicted molar refractivity (Wildman–Crippen MR) is 116 cm³/mol. The van der Waals surface area contributed by atoms with Crippen molar-refractivity contribution in [2.75, 3.05) is 31.2 Å². The van der Waals surface area contributed by atoms with Crippen LogP contribution in [0.4, 0.5) is 5.95 Å². The quantitative estimate of drug-likeness (QED) is 0.518. The molecular formula is C24H24N4O. The Bertz CT molecular complexity index is 1100. The molecule has 0 radical (unpaired) electrons. The topological polar surface area (TPSA) is 43.2 Å². The minimum Gasteiger partial charge on any atom is -0.378 e. The van der Waals surface area contributed by atoms with Gasteiger partial charge in [-0.25, -0.2) is 0 Å². The number of hydrogen-bond acceptors (Lipinski definition) is 4. The van der Waals surface area contributed by atoms with Gasteiger partial charge < -0.3 is 9.64 Å². The van der Waals surface area contributed by atoms with Crippen molar-refractivity contribution < 1.29 is 4.74 Å². The lowest BCUT2D eigenvalue weighted by molar-refractivity contribution is 0.121. The standard InChI is InChI=1S/C24H24N4O/c1-2-7-19(8-3-1)13-14-28-23(25-26-24(28)27-15-17-29-18-16-27)22-12-6-10-20-9-4-5-11-21(20)22/h1-12H,13-18H2. The monoisotopic (exact) mass is 384 g/mol. The molecule has 0 spiro atoms. The molecule has 4 aromatic rings. The summed E-state index contributed by atoms with van der Waals surface area (Å²) < 4.78 is 7.82. The number of aryl methyl sites for hydroxylation is 1. The summed E-state index contributed by atoms with van der Waals surface area (Å²) in [5.41, 5.74) is 2.45. The lowest BCUT2D eigenvalue weighted by atomic mass is 10.0. The molecule has 1 fully saturated rings. The predicted octanol–water partition coefficient (Wildman–Crippen LogP) is 4.18. The van der Waals surface area contributed by atoms with Gasteiger partial charge in [0, 0.05) is 25.2 Å². The van der Waals surface area contributed by atoms with Gasteiger partial charge in [0.05, 0.1) is 13.2 Å². The van der Waals surface area contributed by atoms with E-state index in [1.807, 2.05) is 0 Å². The van der Waals surface area contributed by atoms with E-state index < -0.39 is 0 Å². The fourth-order valence-electron chi connectivity index (χ4n) is 4.00. The van der Waals surface area contributed by atoms with Crippen molar-refractivity contribution in [2.45, 2.75) is 13.0 Å². The average Bonchev–Trinajstić information content (AvgIpc) is 3.22. The zero-order chi connectivity index (χ0) is 19.5. The highest BCUT2D eigenvalue weighted by atomic mass is 16.5. The molecule has 5 heteroatoms. The van der Waals surface area contributed by atoms with E-state index in [1.165, 1.54) is 16.3 Å². The minimum absolute atomic E-state index is 0.731. The number of benzene rings is 3. The Morgan fingerprint density at radius 2 is 1.55 bits per heavy atom. The minimum atomic E-state index is 0.731. The number of aromatic nitrogens is 3. The van der Waals surface area contributed by atoms with Crippen LogP contribution in [0.2, 0.25) is 0 Å². The van der Waals surface area contributed by atoms with E-state index in [0.717, 1.165) is 56.6 Å². The Balaban J connectivity index is 1.58. The zero-order valence-corrected chi connectivity index (χ0v) is 16.4. The third kappa shape index (κ3) is 3.61. The maximum Gasteiger partial charge on any atom is 0.227 e. The molecule has 0 amide bonds. The molecule has 1 aliphatic heterocycles. The Hall–Kier alpha value is -3.18. The number of nitrogens with zero attached hydrogens (tertiary/aromatic N) is 4. The van der Waals surface area contributed by atoms with Gasteiger partial charge in [0.2, 0.25) is 5.95 Å². The first-order valence-corrected chi connectivity index (χ1v) is 10.2.